The number of amides is 3. The molecule has 2 aliphatic heterocycles. The SMILES string of the molecule is COCCCc1cc(NC(=O)N2CCCc3cc(CN(C)C(=O)[C@@H]4CCCN4)c(C=O)nc32)ncc1C#N. The first-order valence-electron chi connectivity index (χ1n) is 12.9. The Morgan fingerprint density at radius 1 is 1.34 bits per heavy atom. The Morgan fingerprint density at radius 2 is 2.18 bits per heavy atom. The molecule has 0 aliphatic carbocycles. The minimum atomic E-state index is -0.414. The molecule has 1 atom stereocenters. The van der Waals surface area contributed by atoms with Crippen LogP contribution in [0.15, 0.2) is 18.3 Å². The summed E-state index contributed by atoms with van der Waals surface area (Å²) in [7, 11) is 3.35. The van der Waals surface area contributed by atoms with Crippen LogP contribution < -0.4 is 15.5 Å². The molecule has 4 heterocycles. The van der Waals surface area contributed by atoms with E-state index < -0.39 is 6.03 Å². The molecule has 0 unspecified atom stereocenters. The number of nitriles is 1. The number of hydrogen-bond acceptors (Lipinski definition) is 8. The van der Waals surface area contributed by atoms with Crippen LogP contribution in [0.25, 0.3) is 0 Å². The lowest BCUT2D eigenvalue weighted by Crippen LogP contribution is -2.42. The van der Waals surface area contributed by atoms with Crippen LogP contribution in [-0.4, -0.2) is 73.0 Å². The molecule has 0 spiro atoms. The molecule has 11 nitrogen and oxygen atoms in total. The van der Waals surface area contributed by atoms with Gasteiger partial charge in [0.25, 0.3) is 0 Å². The van der Waals surface area contributed by atoms with Gasteiger partial charge in [-0.05, 0) is 68.3 Å². The lowest BCUT2D eigenvalue weighted by atomic mass is 10.0. The summed E-state index contributed by atoms with van der Waals surface area (Å²) in [6.45, 7) is 2.09. The fourth-order valence-corrected chi connectivity index (χ4v) is 4.94. The number of carbonyl (C=O) groups excluding carboxylic acids is 3. The first-order chi connectivity index (χ1) is 18.4. The van der Waals surface area contributed by atoms with Gasteiger partial charge >= 0.3 is 6.03 Å². The Bertz CT molecular complexity index is 1240. The molecule has 0 aromatic carbocycles. The molecule has 3 amide bonds. The van der Waals surface area contributed by atoms with Crippen LogP contribution in [0.1, 0.15) is 58.4 Å². The summed E-state index contributed by atoms with van der Waals surface area (Å²) in [5, 5.41) is 15.4. The summed E-state index contributed by atoms with van der Waals surface area (Å²) < 4.78 is 5.10. The monoisotopic (exact) mass is 519 g/mol. The quantitative estimate of drug-likeness (QED) is 0.380. The number of nitrogens with zero attached hydrogens (tertiary/aromatic N) is 5. The standard InChI is InChI=1S/C27H33N7O4/c1-33(26(36)22-8-3-9-29-22)16-20-12-19-6-4-10-34(25(19)31-23(20)17-35)27(37)32-24-13-18(7-5-11-38-2)21(14-28)15-30-24/h12-13,15,17,22,29H,3-11,16H2,1-2H3,(H,30,32,37)/t22-/m0/s1. The Balaban J connectivity index is 1.51. The normalized spacial score (nSPS) is 16.4. The highest BCUT2D eigenvalue weighted by molar-refractivity contribution is 6.01. The van der Waals surface area contributed by atoms with E-state index in [0.29, 0.717) is 55.0 Å². The van der Waals surface area contributed by atoms with Crippen molar-refractivity contribution in [3.63, 3.8) is 0 Å². The number of rotatable bonds is 9. The van der Waals surface area contributed by atoms with E-state index in [0.717, 1.165) is 43.4 Å². The van der Waals surface area contributed by atoms with Gasteiger partial charge in [-0.3, -0.25) is 19.8 Å². The molecule has 200 valence electrons. The Labute approximate surface area is 222 Å². The minimum absolute atomic E-state index is 0.00502. The van der Waals surface area contributed by atoms with Gasteiger partial charge < -0.3 is 15.0 Å². The zero-order chi connectivity index (χ0) is 27.1. The average molecular weight is 520 g/mol. The van der Waals surface area contributed by atoms with E-state index in [1.165, 1.54) is 11.1 Å². The van der Waals surface area contributed by atoms with Gasteiger partial charge in [-0.15, -0.1) is 0 Å². The smallest absolute Gasteiger partial charge is 0.328 e. The van der Waals surface area contributed by atoms with Gasteiger partial charge in [-0.2, -0.15) is 5.26 Å². The van der Waals surface area contributed by atoms with E-state index in [1.54, 1.807) is 25.1 Å². The predicted octanol–water partition coefficient (Wildman–Crippen LogP) is 2.43. The van der Waals surface area contributed by atoms with E-state index in [9.17, 15) is 19.6 Å². The largest absolute Gasteiger partial charge is 0.385 e. The minimum Gasteiger partial charge on any atom is -0.385 e. The summed E-state index contributed by atoms with van der Waals surface area (Å²) in [4.78, 5) is 49.9. The number of pyridine rings is 2. The number of likely N-dealkylation sites (N-methyl/N-ethyl adjacent to an activating group) is 1. The van der Waals surface area contributed by atoms with Crippen LogP contribution in [0.4, 0.5) is 16.4 Å². The van der Waals surface area contributed by atoms with E-state index in [-0.39, 0.29) is 24.2 Å². The third-order valence-corrected chi connectivity index (χ3v) is 6.91. The molecular formula is C27H33N7O4. The number of methoxy groups -OCH3 is 1. The number of anilines is 2. The molecule has 2 aliphatic rings. The van der Waals surface area contributed by atoms with Gasteiger partial charge in [0.2, 0.25) is 5.91 Å². The first-order valence-corrected chi connectivity index (χ1v) is 12.9. The second kappa shape index (κ2) is 12.6. The molecule has 4 rings (SSSR count). The van der Waals surface area contributed by atoms with Crippen LogP contribution in [0.5, 0.6) is 0 Å². The second-order valence-electron chi connectivity index (χ2n) is 9.60. The van der Waals surface area contributed by atoms with Crippen LogP contribution in [-0.2, 0) is 28.9 Å². The molecule has 38 heavy (non-hydrogen) atoms. The number of carbonyl (C=O) groups is 3. The molecule has 1 saturated heterocycles. The maximum atomic E-state index is 13.3. The fraction of sp³-hybridized carbons (Fsp3) is 0.481. The van der Waals surface area contributed by atoms with Crippen molar-refractivity contribution in [3.8, 4) is 6.07 Å². The number of nitrogens with one attached hydrogen (secondary N) is 2. The number of aldehydes is 1. The van der Waals surface area contributed by atoms with Gasteiger partial charge in [0.05, 0.1) is 11.6 Å². The van der Waals surface area contributed by atoms with E-state index >= 15 is 0 Å². The first kappa shape index (κ1) is 27.2. The Hall–Kier alpha value is -3.88. The van der Waals surface area contributed by atoms with Crippen molar-refractivity contribution in [2.45, 2.75) is 51.1 Å². The van der Waals surface area contributed by atoms with Crippen molar-refractivity contribution < 1.29 is 19.1 Å². The van der Waals surface area contributed by atoms with Gasteiger partial charge in [-0.25, -0.2) is 14.8 Å². The van der Waals surface area contributed by atoms with Crippen LogP contribution in [0, 0.1) is 11.3 Å². The number of ether oxygens (including phenoxy) is 1. The van der Waals surface area contributed by atoms with Crippen molar-refractivity contribution in [2.75, 3.05) is 44.1 Å². The molecule has 2 aromatic heterocycles. The summed E-state index contributed by atoms with van der Waals surface area (Å²) in [5.41, 5.74) is 2.95. The molecule has 0 radical (unpaired) electrons. The fourth-order valence-electron chi connectivity index (χ4n) is 4.94. The van der Waals surface area contributed by atoms with Gasteiger partial charge in [0.15, 0.2) is 6.29 Å². The summed E-state index contributed by atoms with van der Waals surface area (Å²) in [6.07, 6.45) is 6.69. The van der Waals surface area contributed by atoms with Crippen molar-refractivity contribution in [2.24, 2.45) is 0 Å². The second-order valence-corrected chi connectivity index (χ2v) is 9.60. The molecule has 11 heteroatoms. The third kappa shape index (κ3) is 6.15. The van der Waals surface area contributed by atoms with Crippen LogP contribution in [0.2, 0.25) is 0 Å². The van der Waals surface area contributed by atoms with E-state index in [4.69, 9.17) is 4.74 Å². The molecule has 0 bridgehead atoms. The van der Waals surface area contributed by atoms with Crippen molar-refractivity contribution in [3.05, 3.63) is 46.3 Å². The lowest BCUT2D eigenvalue weighted by Gasteiger charge is -2.30. The number of hydrogen-bond donors (Lipinski definition) is 2. The molecule has 1 fully saturated rings. The highest BCUT2D eigenvalue weighted by atomic mass is 16.5. The number of aromatic nitrogens is 2. The van der Waals surface area contributed by atoms with Crippen LogP contribution >= 0.6 is 0 Å². The molecule has 0 saturated carbocycles. The zero-order valence-electron chi connectivity index (χ0n) is 21.8. The zero-order valence-corrected chi connectivity index (χ0v) is 21.8. The predicted molar refractivity (Wildman–Crippen MR) is 141 cm³/mol. The van der Waals surface area contributed by atoms with E-state index in [1.807, 2.05) is 6.07 Å². The van der Waals surface area contributed by atoms with Gasteiger partial charge in [-0.1, -0.05) is 0 Å². The van der Waals surface area contributed by atoms with Crippen LogP contribution in [0.3, 0.4) is 0 Å². The van der Waals surface area contributed by atoms with Gasteiger partial charge in [0.1, 0.15) is 23.4 Å². The summed E-state index contributed by atoms with van der Waals surface area (Å²) >= 11 is 0. The summed E-state index contributed by atoms with van der Waals surface area (Å²) in [6, 6.07) is 5.11. The van der Waals surface area contributed by atoms with Crippen molar-refractivity contribution >= 4 is 29.9 Å². The highest BCUT2D eigenvalue weighted by Gasteiger charge is 2.28. The number of aryl methyl sites for hydroxylation is 2. The summed E-state index contributed by atoms with van der Waals surface area (Å²) in [5.74, 6) is 0.760. The Morgan fingerprint density at radius 3 is 2.89 bits per heavy atom. The number of fused-ring (bicyclic) bond motifs is 1. The highest BCUT2D eigenvalue weighted by Crippen LogP contribution is 2.28. The maximum Gasteiger partial charge on any atom is 0.328 e. The third-order valence-electron chi connectivity index (χ3n) is 6.91. The maximum absolute atomic E-state index is 13.3. The lowest BCUT2D eigenvalue weighted by molar-refractivity contribution is -0.132. The van der Waals surface area contributed by atoms with Crippen molar-refractivity contribution in [1.29, 1.82) is 5.26 Å². The molecule has 2 N–H and O–H groups in total. The Kier molecular flexibility index (Phi) is 8.99. The number of urea groups is 1. The van der Waals surface area contributed by atoms with Crippen molar-refractivity contribution in [1.82, 2.24) is 20.2 Å². The molecule has 2 aromatic rings. The molecular weight excluding hydrogens is 486 g/mol. The topological polar surface area (TPSA) is 141 Å². The van der Waals surface area contributed by atoms with E-state index in [2.05, 4.69) is 26.7 Å². The average Bonchev–Trinajstić information content (AvgIpc) is 3.47. The van der Waals surface area contributed by atoms with Gasteiger partial charge in [0, 0.05) is 45.6 Å².